The Morgan fingerprint density at radius 3 is 2.42 bits per heavy atom. The zero-order valence-corrected chi connectivity index (χ0v) is 24.8. The number of hydrogen-bond donors (Lipinski definition) is 0. The lowest BCUT2D eigenvalue weighted by atomic mass is 10.1. The first-order valence-electron chi connectivity index (χ1n) is 13.7. The number of likely N-dealkylation sites (N-methyl/N-ethyl adjacent to an activating group) is 1. The van der Waals surface area contributed by atoms with Crippen LogP contribution in [0, 0.1) is 0 Å². The molecular formula is C28H29ClN5O8S-. The van der Waals surface area contributed by atoms with Gasteiger partial charge in [0.15, 0.2) is 0 Å². The number of piperazine rings is 1. The number of rotatable bonds is 7. The van der Waals surface area contributed by atoms with Crippen molar-refractivity contribution in [3.63, 3.8) is 0 Å². The summed E-state index contributed by atoms with van der Waals surface area (Å²) in [7, 11) is -3.00. The smallest absolute Gasteiger partial charge is 0.333 e. The van der Waals surface area contributed by atoms with Gasteiger partial charge in [-0.3, -0.25) is 19.3 Å². The Morgan fingerprint density at radius 2 is 1.72 bits per heavy atom. The largest absolute Gasteiger partial charge is 0.747 e. The molecule has 0 radical (unpaired) electrons. The third-order valence-corrected chi connectivity index (χ3v) is 8.77. The van der Waals surface area contributed by atoms with Crippen LogP contribution in [0.2, 0.25) is 5.02 Å². The fourth-order valence-corrected chi connectivity index (χ4v) is 6.03. The molecule has 3 aliphatic rings. The van der Waals surface area contributed by atoms with Crippen LogP contribution in [0.25, 0.3) is 0 Å². The van der Waals surface area contributed by atoms with Crippen LogP contribution in [0.4, 0.5) is 17.1 Å². The van der Waals surface area contributed by atoms with Gasteiger partial charge in [-0.2, -0.15) is 0 Å². The van der Waals surface area contributed by atoms with E-state index in [2.05, 4.69) is 16.8 Å². The van der Waals surface area contributed by atoms with E-state index in [0.717, 1.165) is 37.6 Å². The molecule has 3 aliphatic heterocycles. The Morgan fingerprint density at radius 1 is 1.02 bits per heavy atom. The second-order valence-corrected chi connectivity index (χ2v) is 12.5. The van der Waals surface area contributed by atoms with Gasteiger partial charge in [0.25, 0.3) is 11.8 Å². The highest BCUT2D eigenvalue weighted by atomic mass is 35.5. The van der Waals surface area contributed by atoms with Crippen molar-refractivity contribution in [2.75, 3.05) is 38.1 Å². The molecular weight excluding hydrogens is 602 g/mol. The van der Waals surface area contributed by atoms with E-state index in [1.807, 2.05) is 24.3 Å². The van der Waals surface area contributed by atoms with Crippen molar-refractivity contribution in [1.29, 1.82) is 0 Å². The standard InChI is InChI=1S/C28H30ClN5O8S/c1-31-12-14-32(15-13-31)27-19-6-2-3-7-21(19)33(22-11-10-18(29)16-20(22)30-27)24(35)8-4-5-9-26(37)42-34-25(36)17-23(28(34)38)43(39,40)41/h2-3,6-7,10-11,16,23H,4-5,8-9,12-15,17H2,1H3,(H,39,40,41)/p-1. The minimum Gasteiger partial charge on any atom is -0.747 e. The van der Waals surface area contributed by atoms with Gasteiger partial charge in [-0.05, 0) is 50.2 Å². The number of amidine groups is 1. The quantitative estimate of drug-likeness (QED) is 0.252. The van der Waals surface area contributed by atoms with Gasteiger partial charge >= 0.3 is 5.97 Å². The first kappa shape index (κ1) is 30.6. The van der Waals surface area contributed by atoms with Crippen LogP contribution in [-0.2, 0) is 34.1 Å². The van der Waals surface area contributed by atoms with E-state index in [4.69, 9.17) is 21.4 Å². The Hall–Kier alpha value is -3.85. The van der Waals surface area contributed by atoms with E-state index in [9.17, 15) is 32.1 Å². The highest BCUT2D eigenvalue weighted by Crippen LogP contribution is 2.42. The molecule has 228 valence electrons. The molecule has 13 nitrogen and oxygen atoms in total. The topological polar surface area (TPSA) is 160 Å². The van der Waals surface area contributed by atoms with Gasteiger partial charge in [0.2, 0.25) is 5.91 Å². The lowest BCUT2D eigenvalue weighted by molar-refractivity contribution is -0.197. The van der Waals surface area contributed by atoms with E-state index in [1.165, 1.54) is 0 Å². The molecule has 1 atom stereocenters. The maximum atomic E-state index is 13.7. The molecule has 3 heterocycles. The third-order valence-electron chi connectivity index (χ3n) is 7.47. The number of carbonyl (C=O) groups excluding carboxylic acids is 4. The van der Waals surface area contributed by atoms with Crippen molar-refractivity contribution in [3.8, 4) is 0 Å². The van der Waals surface area contributed by atoms with Crippen molar-refractivity contribution in [3.05, 3.63) is 53.1 Å². The van der Waals surface area contributed by atoms with E-state index >= 15 is 0 Å². The van der Waals surface area contributed by atoms with E-state index in [-0.39, 0.29) is 36.7 Å². The van der Waals surface area contributed by atoms with Crippen molar-refractivity contribution in [2.45, 2.75) is 37.4 Å². The predicted molar refractivity (Wildman–Crippen MR) is 155 cm³/mol. The third kappa shape index (κ3) is 6.56. The molecule has 0 aromatic heterocycles. The Labute approximate surface area is 253 Å². The molecule has 2 saturated heterocycles. The Kier molecular flexibility index (Phi) is 8.83. The van der Waals surface area contributed by atoms with Crippen LogP contribution in [0.15, 0.2) is 47.5 Å². The maximum Gasteiger partial charge on any atom is 0.333 e. The van der Waals surface area contributed by atoms with Crippen LogP contribution in [-0.4, -0.2) is 95.8 Å². The van der Waals surface area contributed by atoms with Crippen molar-refractivity contribution in [2.24, 2.45) is 4.99 Å². The molecule has 3 amide bonds. The van der Waals surface area contributed by atoms with E-state index in [0.29, 0.717) is 22.1 Å². The molecule has 2 aromatic carbocycles. The van der Waals surface area contributed by atoms with Crippen LogP contribution < -0.4 is 4.90 Å². The number of aliphatic imine (C=N–C) groups is 1. The molecule has 2 fully saturated rings. The molecule has 0 spiro atoms. The fourth-order valence-electron chi connectivity index (χ4n) is 5.17. The fraction of sp³-hybridized carbons (Fsp3) is 0.393. The van der Waals surface area contributed by atoms with Crippen LogP contribution in [0.5, 0.6) is 0 Å². The first-order valence-corrected chi connectivity index (χ1v) is 15.6. The summed E-state index contributed by atoms with van der Waals surface area (Å²) in [5, 5.41) is -1.60. The number of nitrogens with zero attached hydrogens (tertiary/aromatic N) is 5. The van der Waals surface area contributed by atoms with E-state index < -0.39 is 39.6 Å². The second-order valence-electron chi connectivity index (χ2n) is 10.5. The number of carbonyl (C=O) groups is 4. The Bertz CT molecular complexity index is 1610. The summed E-state index contributed by atoms with van der Waals surface area (Å²) in [6.45, 7) is 3.28. The van der Waals surface area contributed by atoms with Crippen molar-refractivity contribution in [1.82, 2.24) is 14.9 Å². The molecule has 15 heteroatoms. The second kappa shape index (κ2) is 12.4. The summed E-state index contributed by atoms with van der Waals surface area (Å²) in [5.74, 6) is -2.94. The molecule has 43 heavy (non-hydrogen) atoms. The van der Waals surface area contributed by atoms with Crippen LogP contribution in [0.3, 0.4) is 0 Å². The molecule has 2 aromatic rings. The number of anilines is 2. The van der Waals surface area contributed by atoms with Gasteiger partial charge in [-0.1, -0.05) is 23.7 Å². The van der Waals surface area contributed by atoms with Gasteiger partial charge in [0, 0.05) is 49.6 Å². The number of amides is 3. The normalized spacial score (nSPS) is 19.1. The number of para-hydroxylation sites is 1. The zero-order chi connectivity index (χ0) is 30.9. The maximum absolute atomic E-state index is 13.7. The molecule has 5 rings (SSSR count). The summed E-state index contributed by atoms with van der Waals surface area (Å²) < 4.78 is 33.5. The number of imide groups is 1. The number of hydroxylamine groups is 2. The van der Waals surface area contributed by atoms with Crippen molar-refractivity contribution >= 4 is 68.3 Å². The molecule has 0 saturated carbocycles. The van der Waals surface area contributed by atoms with Gasteiger partial charge in [0.1, 0.15) is 21.2 Å². The molecule has 0 bridgehead atoms. The Balaban J connectivity index is 1.28. The van der Waals surface area contributed by atoms with Gasteiger partial charge < -0.3 is 19.2 Å². The van der Waals surface area contributed by atoms with Crippen LogP contribution >= 0.6 is 11.6 Å². The summed E-state index contributed by atoms with van der Waals surface area (Å²) in [5.41, 5.74) is 2.58. The average Bonchev–Trinajstić information content (AvgIpc) is 3.16. The van der Waals surface area contributed by atoms with Crippen LogP contribution in [0.1, 0.15) is 37.7 Å². The summed E-state index contributed by atoms with van der Waals surface area (Å²) in [6, 6.07) is 12.7. The van der Waals surface area contributed by atoms with Gasteiger partial charge in [0.05, 0.1) is 23.5 Å². The van der Waals surface area contributed by atoms with Gasteiger partial charge in [-0.15, -0.1) is 5.06 Å². The molecule has 0 aliphatic carbocycles. The first-order chi connectivity index (χ1) is 20.4. The monoisotopic (exact) mass is 630 g/mol. The lowest BCUT2D eigenvalue weighted by Crippen LogP contribution is -2.47. The number of hydrogen-bond acceptors (Lipinski definition) is 11. The lowest BCUT2D eigenvalue weighted by Gasteiger charge is -2.35. The minimum absolute atomic E-state index is 0.0295. The summed E-state index contributed by atoms with van der Waals surface area (Å²) in [4.78, 5) is 65.8. The average molecular weight is 631 g/mol. The SMILES string of the molecule is CN1CCN(C2=Nc3cc(Cl)ccc3N(C(=O)CCCCC(=O)ON3C(=O)CC(S(=O)(=O)[O-])C3=O)c3ccccc32)CC1. The number of fused-ring (bicyclic) bond motifs is 2. The highest BCUT2D eigenvalue weighted by Gasteiger charge is 2.45. The highest BCUT2D eigenvalue weighted by molar-refractivity contribution is 7.87. The van der Waals surface area contributed by atoms with E-state index in [1.54, 1.807) is 23.1 Å². The zero-order valence-electron chi connectivity index (χ0n) is 23.3. The molecule has 1 unspecified atom stereocenters. The molecule has 0 N–H and O–H groups in total. The minimum atomic E-state index is -5.07. The number of benzene rings is 2. The predicted octanol–water partition coefficient (Wildman–Crippen LogP) is 2.34. The van der Waals surface area contributed by atoms with Crippen molar-refractivity contribution < 1.29 is 37.0 Å². The van der Waals surface area contributed by atoms with Gasteiger partial charge in [-0.25, -0.2) is 18.2 Å². The summed E-state index contributed by atoms with van der Waals surface area (Å²) >= 11 is 6.33. The number of halogens is 1. The summed E-state index contributed by atoms with van der Waals surface area (Å²) in [6.07, 6.45) is -0.641. The number of unbranched alkanes of at least 4 members (excludes halogenated alkanes) is 1.